The molecule has 1 heterocycles. The molecule has 1 aliphatic rings. The summed E-state index contributed by atoms with van der Waals surface area (Å²) in [7, 11) is -4.30. The summed E-state index contributed by atoms with van der Waals surface area (Å²) in [5.74, 6) is -2.05. The molecule has 0 radical (unpaired) electrons. The van der Waals surface area contributed by atoms with Crippen molar-refractivity contribution in [3.63, 3.8) is 0 Å². The van der Waals surface area contributed by atoms with Crippen LogP contribution in [0.1, 0.15) is 30.9 Å². The third kappa shape index (κ3) is 3.62. The van der Waals surface area contributed by atoms with Gasteiger partial charge in [0.15, 0.2) is 0 Å². The number of halogens is 3. The van der Waals surface area contributed by atoms with Gasteiger partial charge in [0.2, 0.25) is 10.0 Å². The quantitative estimate of drug-likeness (QED) is 0.874. The molecule has 25 heavy (non-hydrogen) atoms. The van der Waals surface area contributed by atoms with Gasteiger partial charge in [0.05, 0.1) is 21.9 Å². The number of sulfonamides is 1. The molecule has 10 heteroatoms. The molecule has 0 aliphatic carbocycles. The average Bonchev–Trinajstić information content (AvgIpc) is 2.53. The molecule has 1 saturated heterocycles. The second kappa shape index (κ2) is 6.65. The third-order valence-electron chi connectivity index (χ3n) is 4.26. The van der Waals surface area contributed by atoms with Crippen molar-refractivity contribution in [1.29, 1.82) is 5.26 Å². The van der Waals surface area contributed by atoms with Crippen LogP contribution in [0.4, 0.5) is 13.2 Å². The van der Waals surface area contributed by atoms with Gasteiger partial charge in [0.1, 0.15) is 6.07 Å². The summed E-state index contributed by atoms with van der Waals surface area (Å²) >= 11 is 0. The standard InChI is InChI=1S/C15H15F3N2O4S/c1-9-12(14(21)22)3-2-6-20(9)25(23,24)13-5-4-11(15(16,17)18)7-10(13)8-19/h4-5,7,9,12H,2-3,6H2,1H3,(H,21,22)/t9-,12-/m1/s1. The Morgan fingerprint density at radius 1 is 1.40 bits per heavy atom. The van der Waals surface area contributed by atoms with Gasteiger partial charge >= 0.3 is 12.1 Å². The molecule has 136 valence electrons. The number of piperidine rings is 1. The van der Waals surface area contributed by atoms with Gasteiger partial charge in [-0.05, 0) is 38.0 Å². The third-order valence-corrected chi connectivity index (χ3v) is 6.31. The van der Waals surface area contributed by atoms with E-state index in [0.29, 0.717) is 25.0 Å². The highest BCUT2D eigenvalue weighted by Gasteiger charge is 2.41. The van der Waals surface area contributed by atoms with E-state index in [0.717, 1.165) is 10.4 Å². The summed E-state index contributed by atoms with van der Waals surface area (Å²) in [5.41, 5.74) is -1.75. The van der Waals surface area contributed by atoms with Gasteiger partial charge in [-0.15, -0.1) is 0 Å². The Morgan fingerprint density at radius 2 is 2.04 bits per heavy atom. The molecule has 2 rings (SSSR count). The predicted octanol–water partition coefficient (Wildman–Crippen LogP) is 2.45. The first-order chi connectivity index (χ1) is 11.5. The molecule has 0 bridgehead atoms. The SMILES string of the molecule is C[C@@H]1[C@H](C(=O)O)CCCN1S(=O)(=O)c1ccc(C(F)(F)F)cc1C#N. The van der Waals surface area contributed by atoms with Crippen LogP contribution in [0.25, 0.3) is 0 Å². The zero-order valence-corrected chi connectivity index (χ0v) is 13.9. The smallest absolute Gasteiger partial charge is 0.416 e. The van der Waals surface area contributed by atoms with Gasteiger partial charge < -0.3 is 5.11 Å². The van der Waals surface area contributed by atoms with E-state index >= 15 is 0 Å². The van der Waals surface area contributed by atoms with Crippen molar-refractivity contribution in [2.75, 3.05) is 6.54 Å². The molecule has 1 aromatic rings. The highest BCUT2D eigenvalue weighted by atomic mass is 32.2. The van der Waals surface area contributed by atoms with Gasteiger partial charge in [-0.1, -0.05) is 0 Å². The van der Waals surface area contributed by atoms with E-state index in [9.17, 15) is 31.5 Å². The van der Waals surface area contributed by atoms with Crippen LogP contribution in [-0.4, -0.2) is 36.4 Å². The maximum absolute atomic E-state index is 12.8. The summed E-state index contributed by atoms with van der Waals surface area (Å²) in [6.45, 7) is 1.48. The van der Waals surface area contributed by atoms with Gasteiger partial charge in [0.25, 0.3) is 0 Å². The number of carbonyl (C=O) groups is 1. The maximum atomic E-state index is 12.8. The van der Waals surface area contributed by atoms with Gasteiger partial charge in [-0.2, -0.15) is 22.7 Å². The van der Waals surface area contributed by atoms with E-state index in [2.05, 4.69) is 0 Å². The Kier molecular flexibility index (Phi) is 5.11. The number of nitriles is 1. The summed E-state index contributed by atoms with van der Waals surface area (Å²) in [5, 5.41) is 18.3. The van der Waals surface area contributed by atoms with Crippen LogP contribution in [0.15, 0.2) is 23.1 Å². The Morgan fingerprint density at radius 3 is 2.56 bits per heavy atom. The van der Waals surface area contributed by atoms with Crippen molar-refractivity contribution >= 4 is 16.0 Å². The van der Waals surface area contributed by atoms with Gasteiger partial charge in [-0.25, -0.2) is 8.42 Å². The lowest BCUT2D eigenvalue weighted by Gasteiger charge is -2.36. The Bertz CT molecular complexity index is 830. The lowest BCUT2D eigenvalue weighted by atomic mass is 9.92. The number of benzene rings is 1. The highest BCUT2D eigenvalue weighted by molar-refractivity contribution is 7.89. The Hall–Kier alpha value is -2.12. The first-order valence-corrected chi connectivity index (χ1v) is 8.80. The summed E-state index contributed by atoms with van der Waals surface area (Å²) in [6, 6.07) is 2.43. The maximum Gasteiger partial charge on any atom is 0.416 e. The minimum absolute atomic E-state index is 0.0408. The molecule has 2 atom stereocenters. The zero-order chi connectivity index (χ0) is 19.0. The molecular formula is C15H15F3N2O4S. The van der Waals surface area contributed by atoms with Crippen molar-refractivity contribution in [2.24, 2.45) is 5.92 Å². The number of rotatable bonds is 3. The van der Waals surface area contributed by atoms with E-state index < -0.39 is 50.2 Å². The largest absolute Gasteiger partial charge is 0.481 e. The molecule has 0 saturated carbocycles. The normalized spacial score (nSPS) is 22.4. The summed E-state index contributed by atoms with van der Waals surface area (Å²) < 4.78 is 64.8. The van der Waals surface area contributed by atoms with Crippen LogP contribution in [0.3, 0.4) is 0 Å². The fraction of sp³-hybridized carbons (Fsp3) is 0.467. The molecular weight excluding hydrogens is 361 g/mol. The molecule has 1 aliphatic heterocycles. The molecule has 0 unspecified atom stereocenters. The molecule has 1 fully saturated rings. The molecule has 6 nitrogen and oxygen atoms in total. The van der Waals surface area contributed by atoms with Crippen LogP contribution in [0.2, 0.25) is 0 Å². The van der Waals surface area contributed by atoms with Crippen LogP contribution >= 0.6 is 0 Å². The number of carboxylic acids is 1. The lowest BCUT2D eigenvalue weighted by molar-refractivity contribution is -0.144. The molecule has 0 aromatic heterocycles. The number of hydrogen-bond donors (Lipinski definition) is 1. The number of aliphatic carboxylic acids is 1. The van der Waals surface area contributed by atoms with Crippen LogP contribution in [-0.2, 0) is 21.0 Å². The second-order valence-corrected chi connectivity index (χ2v) is 7.62. The number of nitrogens with zero attached hydrogens (tertiary/aromatic N) is 2. The van der Waals surface area contributed by atoms with E-state index in [1.807, 2.05) is 0 Å². The van der Waals surface area contributed by atoms with E-state index in [4.69, 9.17) is 5.26 Å². The lowest BCUT2D eigenvalue weighted by Crippen LogP contribution is -2.49. The van der Waals surface area contributed by atoms with Crippen molar-refractivity contribution in [3.8, 4) is 6.07 Å². The van der Waals surface area contributed by atoms with Crippen LogP contribution in [0.5, 0.6) is 0 Å². The van der Waals surface area contributed by atoms with Gasteiger partial charge in [-0.3, -0.25) is 4.79 Å². The number of carboxylic acid groups (broad SMARTS) is 1. The topological polar surface area (TPSA) is 98.5 Å². The second-order valence-electron chi connectivity index (χ2n) is 5.76. The highest BCUT2D eigenvalue weighted by Crippen LogP contribution is 2.34. The fourth-order valence-electron chi connectivity index (χ4n) is 2.93. The van der Waals surface area contributed by atoms with Crippen LogP contribution < -0.4 is 0 Å². The molecule has 0 amide bonds. The van der Waals surface area contributed by atoms with E-state index in [1.165, 1.54) is 13.0 Å². The molecule has 0 spiro atoms. The first-order valence-electron chi connectivity index (χ1n) is 7.36. The van der Waals surface area contributed by atoms with Crippen LogP contribution in [0, 0.1) is 17.2 Å². The first kappa shape index (κ1) is 19.2. The van der Waals surface area contributed by atoms with Crippen molar-refractivity contribution < 1.29 is 31.5 Å². The predicted molar refractivity (Wildman–Crippen MR) is 79.9 cm³/mol. The number of alkyl halides is 3. The molecule has 1 N–H and O–H groups in total. The summed E-state index contributed by atoms with van der Waals surface area (Å²) in [6.07, 6.45) is -4.09. The Balaban J connectivity index is 2.50. The van der Waals surface area contributed by atoms with E-state index in [-0.39, 0.29) is 6.54 Å². The minimum Gasteiger partial charge on any atom is -0.481 e. The average molecular weight is 376 g/mol. The fourth-order valence-corrected chi connectivity index (χ4v) is 4.76. The Labute approximate surface area is 142 Å². The molecule has 1 aromatic carbocycles. The van der Waals surface area contributed by atoms with E-state index in [1.54, 1.807) is 0 Å². The zero-order valence-electron chi connectivity index (χ0n) is 13.1. The van der Waals surface area contributed by atoms with Crippen molar-refractivity contribution in [3.05, 3.63) is 29.3 Å². The summed E-state index contributed by atoms with van der Waals surface area (Å²) in [4.78, 5) is 10.7. The van der Waals surface area contributed by atoms with Crippen molar-refractivity contribution in [1.82, 2.24) is 4.31 Å². The van der Waals surface area contributed by atoms with Crippen molar-refractivity contribution in [2.45, 2.75) is 36.9 Å². The number of hydrogen-bond acceptors (Lipinski definition) is 4. The minimum atomic E-state index is -4.71. The monoisotopic (exact) mass is 376 g/mol. The van der Waals surface area contributed by atoms with Gasteiger partial charge in [0, 0.05) is 12.6 Å².